The molecule has 0 aromatic heterocycles. The van der Waals surface area contributed by atoms with Crippen molar-refractivity contribution in [2.45, 2.75) is 72.6 Å². The first-order chi connectivity index (χ1) is 7.13. The topological polar surface area (TPSA) is 0 Å². The quantitative estimate of drug-likeness (QED) is 0.597. The molecule has 0 aromatic rings. The minimum absolute atomic E-state index is 0.833. The lowest BCUT2D eigenvalue weighted by Gasteiger charge is -2.34. The van der Waals surface area contributed by atoms with E-state index in [2.05, 4.69) is 27.7 Å². The van der Waals surface area contributed by atoms with Gasteiger partial charge in [0.25, 0.3) is 0 Å². The summed E-state index contributed by atoms with van der Waals surface area (Å²) in [5.41, 5.74) is 0. The summed E-state index contributed by atoms with van der Waals surface area (Å²) in [5, 5.41) is 0. The van der Waals surface area contributed by atoms with Gasteiger partial charge in [0.05, 0.1) is 0 Å². The van der Waals surface area contributed by atoms with Crippen LogP contribution in [0.25, 0.3) is 0 Å². The molecule has 0 aromatic carbocycles. The van der Waals surface area contributed by atoms with Gasteiger partial charge in [-0.25, -0.2) is 0 Å². The largest absolute Gasteiger partial charge is 0.0625 e. The van der Waals surface area contributed by atoms with Crippen LogP contribution < -0.4 is 0 Å². The lowest BCUT2D eigenvalue weighted by Crippen LogP contribution is -2.25. The maximum Gasteiger partial charge on any atom is -0.0267 e. The molecule has 1 fully saturated rings. The average molecular weight is 209 g/mol. The van der Waals surface area contributed by atoms with Crippen LogP contribution in [-0.4, -0.2) is 0 Å². The van der Waals surface area contributed by atoms with Crippen LogP contribution in [0.5, 0.6) is 0 Å². The van der Waals surface area contributed by atoms with Crippen LogP contribution in [0.3, 0.4) is 0 Å². The maximum absolute atomic E-state index is 2.40. The molecule has 0 spiro atoms. The van der Waals surface area contributed by atoms with Crippen molar-refractivity contribution in [2.75, 3.05) is 0 Å². The molecular weight excluding hydrogens is 180 g/mol. The van der Waals surface area contributed by atoms with E-state index in [-0.39, 0.29) is 0 Å². The maximum atomic E-state index is 2.40. The van der Waals surface area contributed by atoms with Crippen molar-refractivity contribution < 1.29 is 0 Å². The van der Waals surface area contributed by atoms with Gasteiger partial charge < -0.3 is 0 Å². The van der Waals surface area contributed by atoms with Crippen LogP contribution >= 0.6 is 0 Å². The van der Waals surface area contributed by atoms with Crippen LogP contribution in [0.1, 0.15) is 72.6 Å². The zero-order valence-corrected chi connectivity index (χ0v) is 11.2. The van der Waals surface area contributed by atoms with Gasteiger partial charge in [0.15, 0.2) is 0 Å². The molecule has 0 nitrogen and oxygen atoms in total. The second kappa shape index (κ2) is 6.55. The molecule has 1 aliphatic rings. The fourth-order valence-electron chi connectivity index (χ4n) is 3.53. The molecule has 15 heavy (non-hydrogen) atoms. The molecule has 89 valence electrons. The van der Waals surface area contributed by atoms with Crippen molar-refractivity contribution in [3.63, 3.8) is 0 Å². The molecule has 0 heterocycles. The van der Waals surface area contributed by atoms with E-state index in [1.165, 1.54) is 44.9 Å². The SMILES string of the molecule is C[C](C)C(C(C)C)C1CCCCCCC1. The van der Waals surface area contributed by atoms with Gasteiger partial charge in [0.1, 0.15) is 0 Å². The normalized spacial score (nSPS) is 21.0. The molecule has 0 N–H and O–H groups in total. The van der Waals surface area contributed by atoms with Crippen molar-refractivity contribution in [3.05, 3.63) is 5.92 Å². The summed E-state index contributed by atoms with van der Waals surface area (Å²) in [4.78, 5) is 0. The van der Waals surface area contributed by atoms with Crippen molar-refractivity contribution in [3.8, 4) is 0 Å². The Balaban J connectivity index is 2.55. The highest BCUT2D eigenvalue weighted by Crippen LogP contribution is 2.37. The number of hydrogen-bond donors (Lipinski definition) is 0. The first kappa shape index (κ1) is 13.1. The van der Waals surface area contributed by atoms with Crippen LogP contribution in [0.4, 0.5) is 0 Å². The highest BCUT2D eigenvalue weighted by Gasteiger charge is 2.27. The zero-order valence-electron chi connectivity index (χ0n) is 11.2. The van der Waals surface area contributed by atoms with E-state index in [0.29, 0.717) is 0 Å². The smallest absolute Gasteiger partial charge is 0.0267 e. The van der Waals surface area contributed by atoms with Gasteiger partial charge in [-0.3, -0.25) is 0 Å². The second-order valence-corrected chi connectivity index (χ2v) is 5.95. The second-order valence-electron chi connectivity index (χ2n) is 5.95. The van der Waals surface area contributed by atoms with Crippen LogP contribution in [0.15, 0.2) is 0 Å². The third kappa shape index (κ3) is 4.17. The van der Waals surface area contributed by atoms with Crippen LogP contribution in [-0.2, 0) is 0 Å². The van der Waals surface area contributed by atoms with E-state index in [1.54, 1.807) is 5.92 Å². The fraction of sp³-hybridized carbons (Fsp3) is 0.933. The summed E-state index contributed by atoms with van der Waals surface area (Å²) in [7, 11) is 0. The third-order valence-electron chi connectivity index (χ3n) is 4.04. The van der Waals surface area contributed by atoms with Gasteiger partial charge in [-0.15, -0.1) is 0 Å². The monoisotopic (exact) mass is 209 g/mol. The summed E-state index contributed by atoms with van der Waals surface area (Å²) < 4.78 is 0. The predicted molar refractivity (Wildman–Crippen MR) is 68.7 cm³/mol. The molecule has 1 atom stereocenters. The summed E-state index contributed by atoms with van der Waals surface area (Å²) in [5.74, 6) is 4.35. The molecule has 0 bridgehead atoms. The molecule has 0 aliphatic heterocycles. The Morgan fingerprint density at radius 1 is 0.867 bits per heavy atom. The van der Waals surface area contributed by atoms with Gasteiger partial charge in [0, 0.05) is 0 Å². The first-order valence-corrected chi connectivity index (χ1v) is 6.93. The summed E-state index contributed by atoms with van der Waals surface area (Å²) in [6, 6.07) is 0. The molecule has 1 radical (unpaired) electrons. The van der Waals surface area contributed by atoms with E-state index < -0.39 is 0 Å². The van der Waals surface area contributed by atoms with Crippen molar-refractivity contribution >= 4 is 0 Å². The molecule has 1 unspecified atom stereocenters. The average Bonchev–Trinajstić information content (AvgIpc) is 2.07. The lowest BCUT2D eigenvalue weighted by molar-refractivity contribution is 0.221. The van der Waals surface area contributed by atoms with E-state index in [1.807, 2.05) is 0 Å². The van der Waals surface area contributed by atoms with Crippen molar-refractivity contribution in [1.82, 2.24) is 0 Å². The van der Waals surface area contributed by atoms with Gasteiger partial charge in [-0.1, -0.05) is 72.6 Å². The fourth-order valence-corrected chi connectivity index (χ4v) is 3.53. The Kier molecular flexibility index (Phi) is 5.71. The number of rotatable bonds is 3. The van der Waals surface area contributed by atoms with Crippen LogP contribution in [0, 0.1) is 23.7 Å². The molecule has 0 heteroatoms. The van der Waals surface area contributed by atoms with Crippen LogP contribution in [0.2, 0.25) is 0 Å². The van der Waals surface area contributed by atoms with Gasteiger partial charge >= 0.3 is 0 Å². The summed E-state index contributed by atoms with van der Waals surface area (Å²) in [6.07, 6.45) is 10.3. The predicted octanol–water partition coefficient (Wildman–Crippen LogP) is 5.23. The van der Waals surface area contributed by atoms with Gasteiger partial charge in [-0.05, 0) is 23.7 Å². The minimum atomic E-state index is 0.833. The lowest BCUT2D eigenvalue weighted by atomic mass is 9.71. The molecule has 1 rings (SSSR count). The molecule has 0 saturated heterocycles. The first-order valence-electron chi connectivity index (χ1n) is 6.93. The Morgan fingerprint density at radius 3 is 1.73 bits per heavy atom. The Bertz CT molecular complexity index is 141. The molecule has 0 amide bonds. The molecule has 1 saturated carbocycles. The van der Waals surface area contributed by atoms with Crippen molar-refractivity contribution in [2.24, 2.45) is 17.8 Å². The highest BCUT2D eigenvalue weighted by atomic mass is 14.3. The molecule has 1 aliphatic carbocycles. The summed E-state index contributed by atoms with van der Waals surface area (Å²) >= 11 is 0. The van der Waals surface area contributed by atoms with Crippen molar-refractivity contribution in [1.29, 1.82) is 0 Å². The van der Waals surface area contributed by atoms with E-state index in [0.717, 1.165) is 17.8 Å². The minimum Gasteiger partial charge on any atom is -0.0625 e. The Labute approximate surface area is 96.8 Å². The standard InChI is InChI=1S/C15H29/c1-12(2)15(13(3)4)14-10-8-6-5-7-9-11-14/h12,14-15H,5-11H2,1-4H3. The van der Waals surface area contributed by atoms with E-state index in [4.69, 9.17) is 0 Å². The van der Waals surface area contributed by atoms with Gasteiger partial charge in [0.2, 0.25) is 0 Å². The highest BCUT2D eigenvalue weighted by molar-refractivity contribution is 4.93. The van der Waals surface area contributed by atoms with Gasteiger partial charge in [-0.2, -0.15) is 0 Å². The van der Waals surface area contributed by atoms with E-state index >= 15 is 0 Å². The third-order valence-corrected chi connectivity index (χ3v) is 4.04. The summed E-state index contributed by atoms with van der Waals surface area (Å²) in [6.45, 7) is 9.47. The zero-order chi connectivity index (χ0) is 11.3. The Morgan fingerprint density at radius 2 is 1.33 bits per heavy atom. The molecular formula is C15H29. The van der Waals surface area contributed by atoms with E-state index in [9.17, 15) is 0 Å². The number of hydrogen-bond acceptors (Lipinski definition) is 0. The Hall–Kier alpha value is 0.